The van der Waals surface area contributed by atoms with Gasteiger partial charge in [-0.15, -0.1) is 0 Å². The smallest absolute Gasteiger partial charge is 0.322 e. The van der Waals surface area contributed by atoms with Crippen molar-refractivity contribution in [3.8, 4) is 6.07 Å². The molecule has 0 spiro atoms. The van der Waals surface area contributed by atoms with Gasteiger partial charge in [-0.05, 0) is 35.7 Å². The molecule has 122 valence electrons. The molecular weight excluding hydrogens is 309 g/mol. The van der Waals surface area contributed by atoms with Gasteiger partial charge in [-0.2, -0.15) is 5.26 Å². The molecule has 6 heteroatoms. The monoisotopic (exact) mass is 325 g/mol. The Balaban J connectivity index is 1.85. The van der Waals surface area contributed by atoms with Gasteiger partial charge in [0.05, 0.1) is 23.9 Å². The predicted molar refractivity (Wildman–Crippen MR) is 86.8 cm³/mol. The fourth-order valence-corrected chi connectivity index (χ4v) is 3.00. The predicted octanol–water partition coefficient (Wildman–Crippen LogP) is 2.82. The van der Waals surface area contributed by atoms with Gasteiger partial charge in [0.25, 0.3) is 0 Å². The second-order valence-corrected chi connectivity index (χ2v) is 5.57. The standard InChI is InChI=1S/C18H16FN3O2/c19-14-5-6-16(13(9-14)10-20)21-18(24)22-8-7-12-3-1-2-4-15(12)17(22)11-23/h1-6,9,17,23H,7-8,11H2,(H,21,24). The number of nitrogens with zero attached hydrogens (tertiary/aromatic N) is 2. The number of anilines is 1. The van der Waals surface area contributed by atoms with Crippen LogP contribution in [-0.2, 0) is 6.42 Å². The van der Waals surface area contributed by atoms with Gasteiger partial charge < -0.3 is 15.3 Å². The Morgan fingerprint density at radius 2 is 2.17 bits per heavy atom. The molecule has 2 aromatic carbocycles. The van der Waals surface area contributed by atoms with E-state index in [4.69, 9.17) is 5.26 Å². The third-order valence-electron chi connectivity index (χ3n) is 4.19. The number of halogens is 1. The van der Waals surface area contributed by atoms with E-state index in [-0.39, 0.29) is 17.9 Å². The minimum absolute atomic E-state index is 0.0568. The number of benzene rings is 2. The van der Waals surface area contributed by atoms with Crippen molar-refractivity contribution < 1.29 is 14.3 Å². The average Bonchev–Trinajstić information content (AvgIpc) is 2.61. The molecule has 1 aliphatic rings. The van der Waals surface area contributed by atoms with E-state index in [0.717, 1.165) is 17.2 Å². The van der Waals surface area contributed by atoms with Crippen LogP contribution in [0.5, 0.6) is 0 Å². The molecule has 0 aromatic heterocycles. The minimum Gasteiger partial charge on any atom is -0.394 e. The Kier molecular flexibility index (Phi) is 4.45. The van der Waals surface area contributed by atoms with Crippen LogP contribution in [-0.4, -0.2) is 29.2 Å². The summed E-state index contributed by atoms with van der Waals surface area (Å²) in [6.45, 7) is 0.260. The molecule has 2 aromatic rings. The number of carbonyl (C=O) groups excluding carboxylic acids is 1. The summed E-state index contributed by atoms with van der Waals surface area (Å²) >= 11 is 0. The fraction of sp³-hybridized carbons (Fsp3) is 0.222. The van der Waals surface area contributed by atoms with Crippen LogP contribution in [0.25, 0.3) is 0 Å². The summed E-state index contributed by atoms with van der Waals surface area (Å²) in [5, 5.41) is 21.4. The topological polar surface area (TPSA) is 76.4 Å². The number of hydrogen-bond donors (Lipinski definition) is 2. The Morgan fingerprint density at radius 1 is 1.38 bits per heavy atom. The number of rotatable bonds is 2. The molecular formula is C18H16FN3O2. The number of nitrogens with one attached hydrogen (secondary N) is 1. The van der Waals surface area contributed by atoms with Crippen molar-refractivity contribution in [1.29, 1.82) is 5.26 Å². The van der Waals surface area contributed by atoms with E-state index in [9.17, 15) is 14.3 Å². The van der Waals surface area contributed by atoms with Crippen molar-refractivity contribution in [3.63, 3.8) is 0 Å². The number of aliphatic hydroxyl groups is 1. The number of amides is 2. The van der Waals surface area contributed by atoms with Gasteiger partial charge in [0.2, 0.25) is 0 Å². The fourth-order valence-electron chi connectivity index (χ4n) is 3.00. The lowest BCUT2D eigenvalue weighted by Crippen LogP contribution is -2.44. The molecule has 0 radical (unpaired) electrons. The summed E-state index contributed by atoms with van der Waals surface area (Å²) in [7, 11) is 0. The van der Waals surface area contributed by atoms with Crippen LogP contribution in [0.1, 0.15) is 22.7 Å². The third kappa shape index (κ3) is 2.94. The summed E-state index contributed by atoms with van der Waals surface area (Å²) in [6.07, 6.45) is 0.689. The highest BCUT2D eigenvalue weighted by atomic mass is 19.1. The normalized spacial score (nSPS) is 16.2. The first kappa shape index (κ1) is 16.0. The number of aliphatic hydroxyl groups excluding tert-OH is 1. The lowest BCUT2D eigenvalue weighted by atomic mass is 9.93. The van der Waals surface area contributed by atoms with Crippen LogP contribution in [0.15, 0.2) is 42.5 Å². The zero-order chi connectivity index (χ0) is 17.1. The summed E-state index contributed by atoms with van der Waals surface area (Å²) in [4.78, 5) is 14.1. The van der Waals surface area contributed by atoms with Crippen LogP contribution in [0.4, 0.5) is 14.9 Å². The second kappa shape index (κ2) is 6.69. The molecule has 0 fully saturated rings. The van der Waals surface area contributed by atoms with Crippen molar-refractivity contribution in [3.05, 3.63) is 65.0 Å². The minimum atomic E-state index is -0.537. The maximum Gasteiger partial charge on any atom is 0.322 e. The van der Waals surface area contributed by atoms with Crippen molar-refractivity contribution >= 4 is 11.7 Å². The van der Waals surface area contributed by atoms with Gasteiger partial charge in [-0.1, -0.05) is 24.3 Å². The number of hydrogen-bond acceptors (Lipinski definition) is 3. The SMILES string of the molecule is N#Cc1cc(F)ccc1NC(=O)N1CCc2ccccc2C1CO. The lowest BCUT2D eigenvalue weighted by molar-refractivity contribution is 0.135. The molecule has 1 atom stereocenters. The highest BCUT2D eigenvalue weighted by Gasteiger charge is 2.30. The number of urea groups is 1. The van der Waals surface area contributed by atoms with E-state index >= 15 is 0 Å². The van der Waals surface area contributed by atoms with Crippen molar-refractivity contribution in [2.45, 2.75) is 12.5 Å². The summed E-state index contributed by atoms with van der Waals surface area (Å²) < 4.78 is 13.2. The Bertz CT molecular complexity index is 816. The molecule has 0 aliphatic carbocycles. The van der Waals surface area contributed by atoms with E-state index in [1.165, 1.54) is 17.0 Å². The first-order valence-electron chi connectivity index (χ1n) is 7.60. The molecule has 2 amide bonds. The lowest BCUT2D eigenvalue weighted by Gasteiger charge is -2.36. The highest BCUT2D eigenvalue weighted by molar-refractivity contribution is 5.91. The quantitative estimate of drug-likeness (QED) is 0.891. The second-order valence-electron chi connectivity index (χ2n) is 5.57. The molecule has 0 saturated heterocycles. The van der Waals surface area contributed by atoms with Gasteiger partial charge in [-0.25, -0.2) is 9.18 Å². The molecule has 1 heterocycles. The zero-order valence-electron chi connectivity index (χ0n) is 12.9. The van der Waals surface area contributed by atoms with Gasteiger partial charge in [0.15, 0.2) is 0 Å². The van der Waals surface area contributed by atoms with Gasteiger partial charge in [0, 0.05) is 6.54 Å². The summed E-state index contributed by atoms with van der Waals surface area (Å²) in [5.74, 6) is -0.537. The van der Waals surface area contributed by atoms with Crippen LogP contribution in [0, 0.1) is 17.1 Å². The summed E-state index contributed by atoms with van der Waals surface area (Å²) in [6, 6.07) is 12.3. The molecule has 2 N–H and O–H groups in total. The Hall–Kier alpha value is -2.91. The van der Waals surface area contributed by atoms with Crippen molar-refractivity contribution in [2.24, 2.45) is 0 Å². The van der Waals surface area contributed by atoms with E-state index in [2.05, 4.69) is 5.32 Å². The van der Waals surface area contributed by atoms with Crippen LogP contribution in [0.2, 0.25) is 0 Å². The maximum atomic E-state index is 13.2. The number of carbonyl (C=O) groups is 1. The van der Waals surface area contributed by atoms with Gasteiger partial charge >= 0.3 is 6.03 Å². The third-order valence-corrected chi connectivity index (χ3v) is 4.19. The maximum absolute atomic E-state index is 13.2. The number of nitriles is 1. The summed E-state index contributed by atoms with van der Waals surface area (Å²) in [5.41, 5.74) is 2.34. The Labute approximate surface area is 138 Å². The first-order chi connectivity index (χ1) is 11.6. The van der Waals surface area contributed by atoms with E-state index in [0.29, 0.717) is 13.0 Å². The van der Waals surface area contributed by atoms with Crippen molar-refractivity contribution in [1.82, 2.24) is 4.90 Å². The van der Waals surface area contributed by atoms with E-state index < -0.39 is 17.9 Å². The zero-order valence-corrected chi connectivity index (χ0v) is 12.9. The molecule has 24 heavy (non-hydrogen) atoms. The van der Waals surface area contributed by atoms with E-state index in [1.807, 2.05) is 30.3 Å². The average molecular weight is 325 g/mol. The molecule has 1 unspecified atom stereocenters. The van der Waals surface area contributed by atoms with Gasteiger partial charge in [0.1, 0.15) is 11.9 Å². The molecule has 3 rings (SSSR count). The molecule has 0 bridgehead atoms. The largest absolute Gasteiger partial charge is 0.394 e. The van der Waals surface area contributed by atoms with Gasteiger partial charge in [-0.3, -0.25) is 0 Å². The number of fused-ring (bicyclic) bond motifs is 1. The van der Waals surface area contributed by atoms with Crippen LogP contribution in [0.3, 0.4) is 0 Å². The highest BCUT2D eigenvalue weighted by Crippen LogP contribution is 2.30. The molecule has 1 aliphatic heterocycles. The van der Waals surface area contributed by atoms with Crippen LogP contribution >= 0.6 is 0 Å². The molecule has 5 nitrogen and oxygen atoms in total. The van der Waals surface area contributed by atoms with Crippen molar-refractivity contribution in [2.75, 3.05) is 18.5 Å². The Morgan fingerprint density at radius 3 is 2.92 bits per heavy atom. The van der Waals surface area contributed by atoms with Crippen LogP contribution < -0.4 is 5.32 Å². The molecule has 0 saturated carbocycles. The van der Waals surface area contributed by atoms with E-state index in [1.54, 1.807) is 0 Å². The first-order valence-corrected chi connectivity index (χ1v) is 7.60.